The molecule has 102 valence electrons. The summed E-state index contributed by atoms with van der Waals surface area (Å²) < 4.78 is 0. The molecule has 0 radical (unpaired) electrons. The topological polar surface area (TPSA) is 49.4 Å². The van der Waals surface area contributed by atoms with Crippen molar-refractivity contribution in [1.29, 1.82) is 0 Å². The fraction of sp³-hybridized carbons (Fsp3) is 0.429. The molecule has 1 aromatic carbocycles. The Labute approximate surface area is 117 Å². The Morgan fingerprint density at radius 1 is 1.37 bits per heavy atom. The van der Waals surface area contributed by atoms with Crippen LogP contribution in [-0.2, 0) is 16.1 Å². The number of hydrogen-bond acceptors (Lipinski definition) is 3. The molecule has 1 aliphatic heterocycles. The van der Waals surface area contributed by atoms with Gasteiger partial charge in [0.2, 0.25) is 11.8 Å². The number of fused-ring (bicyclic) bond motifs is 1. The zero-order chi connectivity index (χ0) is 13.8. The summed E-state index contributed by atoms with van der Waals surface area (Å²) in [4.78, 5) is 25.5. The highest BCUT2D eigenvalue weighted by Crippen LogP contribution is 2.21. The lowest BCUT2D eigenvalue weighted by atomic mass is 10.2. The molecule has 0 saturated carbocycles. The summed E-state index contributed by atoms with van der Waals surface area (Å²) in [5.74, 6) is 0.311. The third-order valence-corrected chi connectivity index (χ3v) is 3.96. The van der Waals surface area contributed by atoms with Crippen molar-refractivity contribution in [3.63, 3.8) is 0 Å². The lowest BCUT2D eigenvalue weighted by molar-refractivity contribution is -0.132. The number of para-hydroxylation sites is 1. The van der Waals surface area contributed by atoms with Crippen LogP contribution in [0.4, 0.5) is 5.69 Å². The van der Waals surface area contributed by atoms with Gasteiger partial charge in [0, 0.05) is 12.2 Å². The van der Waals surface area contributed by atoms with Crippen molar-refractivity contribution in [1.82, 2.24) is 4.90 Å². The molecule has 0 unspecified atom stereocenters. The monoisotopic (exact) mass is 278 g/mol. The third-order valence-electron chi connectivity index (χ3n) is 2.88. The fourth-order valence-corrected chi connectivity index (χ4v) is 2.57. The van der Waals surface area contributed by atoms with Crippen LogP contribution in [0.25, 0.3) is 0 Å². The normalized spacial score (nSPS) is 14.9. The van der Waals surface area contributed by atoms with E-state index in [0.717, 1.165) is 11.3 Å². The van der Waals surface area contributed by atoms with E-state index in [1.807, 2.05) is 24.3 Å². The second-order valence-corrected chi connectivity index (χ2v) is 6.38. The van der Waals surface area contributed by atoms with Gasteiger partial charge < -0.3 is 10.2 Å². The lowest BCUT2D eigenvalue weighted by Gasteiger charge is -2.19. The van der Waals surface area contributed by atoms with Gasteiger partial charge in [0.25, 0.3) is 0 Å². The van der Waals surface area contributed by atoms with E-state index in [2.05, 4.69) is 19.2 Å². The van der Waals surface area contributed by atoms with Crippen LogP contribution in [0, 0.1) is 0 Å². The van der Waals surface area contributed by atoms with Crippen molar-refractivity contribution in [2.45, 2.75) is 25.6 Å². The van der Waals surface area contributed by atoms with Gasteiger partial charge in [-0.2, -0.15) is 0 Å². The highest BCUT2D eigenvalue weighted by atomic mass is 32.2. The van der Waals surface area contributed by atoms with Crippen LogP contribution >= 0.6 is 11.8 Å². The SMILES string of the molecule is CC(C)SCC(=O)N1CC(=O)Nc2ccccc2C1. The van der Waals surface area contributed by atoms with Gasteiger partial charge >= 0.3 is 0 Å². The number of hydrogen-bond donors (Lipinski definition) is 1. The van der Waals surface area contributed by atoms with Gasteiger partial charge in [0.05, 0.1) is 5.75 Å². The Hall–Kier alpha value is -1.49. The Balaban J connectivity index is 2.10. The number of carbonyl (C=O) groups is 2. The maximum atomic E-state index is 12.1. The van der Waals surface area contributed by atoms with Crippen molar-refractivity contribution < 1.29 is 9.59 Å². The summed E-state index contributed by atoms with van der Waals surface area (Å²) in [6.07, 6.45) is 0. The average Bonchev–Trinajstić information content (AvgIpc) is 2.53. The van der Waals surface area contributed by atoms with Crippen LogP contribution in [0.15, 0.2) is 24.3 Å². The molecule has 5 heteroatoms. The number of amides is 2. The summed E-state index contributed by atoms with van der Waals surface area (Å²) in [5, 5.41) is 3.25. The largest absolute Gasteiger partial charge is 0.328 e. The first-order chi connectivity index (χ1) is 9.06. The molecule has 0 bridgehead atoms. The smallest absolute Gasteiger partial charge is 0.244 e. The number of rotatable bonds is 3. The van der Waals surface area contributed by atoms with Crippen LogP contribution in [-0.4, -0.2) is 34.3 Å². The third kappa shape index (κ3) is 3.73. The standard InChI is InChI=1S/C14H18N2O2S/c1-10(2)19-9-14(18)16-7-11-5-3-4-6-12(11)15-13(17)8-16/h3-6,10H,7-9H2,1-2H3,(H,15,17). The van der Waals surface area contributed by atoms with E-state index in [0.29, 0.717) is 17.5 Å². The summed E-state index contributed by atoms with van der Waals surface area (Å²) >= 11 is 1.60. The minimum Gasteiger partial charge on any atom is -0.328 e. The van der Waals surface area contributed by atoms with Gasteiger partial charge in [-0.25, -0.2) is 0 Å². The maximum absolute atomic E-state index is 12.1. The molecular weight excluding hydrogens is 260 g/mol. The Morgan fingerprint density at radius 3 is 2.84 bits per heavy atom. The molecule has 0 aromatic heterocycles. The van der Waals surface area contributed by atoms with E-state index >= 15 is 0 Å². The predicted molar refractivity (Wildman–Crippen MR) is 78.1 cm³/mol. The highest BCUT2D eigenvalue weighted by molar-refractivity contribution is 8.00. The molecule has 0 saturated heterocycles. The molecule has 0 spiro atoms. The zero-order valence-electron chi connectivity index (χ0n) is 11.2. The van der Waals surface area contributed by atoms with Gasteiger partial charge in [0.15, 0.2) is 0 Å². The van der Waals surface area contributed by atoms with Crippen molar-refractivity contribution in [2.75, 3.05) is 17.6 Å². The summed E-state index contributed by atoms with van der Waals surface area (Å²) in [6, 6.07) is 7.61. The molecule has 4 nitrogen and oxygen atoms in total. The second kappa shape index (κ2) is 6.10. The number of nitrogens with one attached hydrogen (secondary N) is 1. The minimum absolute atomic E-state index is 0.0190. The van der Waals surface area contributed by atoms with E-state index in [9.17, 15) is 9.59 Å². The number of nitrogens with zero attached hydrogens (tertiary/aromatic N) is 1. The van der Waals surface area contributed by atoms with Crippen LogP contribution in [0.2, 0.25) is 0 Å². The van der Waals surface area contributed by atoms with E-state index < -0.39 is 0 Å². The van der Waals surface area contributed by atoms with Crippen LogP contribution in [0.1, 0.15) is 19.4 Å². The van der Waals surface area contributed by atoms with Crippen LogP contribution in [0.5, 0.6) is 0 Å². The first-order valence-corrected chi connectivity index (χ1v) is 7.38. The van der Waals surface area contributed by atoms with Crippen molar-refractivity contribution in [3.05, 3.63) is 29.8 Å². The Kier molecular flexibility index (Phi) is 4.47. The first-order valence-electron chi connectivity index (χ1n) is 6.33. The first kappa shape index (κ1) is 13.9. The van der Waals surface area contributed by atoms with Gasteiger partial charge in [0.1, 0.15) is 6.54 Å². The number of thioether (sulfide) groups is 1. The molecule has 1 N–H and O–H groups in total. The average molecular weight is 278 g/mol. The van der Waals surface area contributed by atoms with E-state index in [-0.39, 0.29) is 18.4 Å². The van der Waals surface area contributed by atoms with E-state index in [1.165, 1.54) is 0 Å². The number of carbonyl (C=O) groups excluding carboxylic acids is 2. The van der Waals surface area contributed by atoms with Crippen molar-refractivity contribution in [3.8, 4) is 0 Å². The van der Waals surface area contributed by atoms with Gasteiger partial charge in [-0.3, -0.25) is 9.59 Å². The summed E-state index contributed by atoms with van der Waals surface area (Å²) in [6.45, 7) is 4.74. The molecule has 0 aliphatic carbocycles. The zero-order valence-corrected chi connectivity index (χ0v) is 12.0. The van der Waals surface area contributed by atoms with Gasteiger partial charge in [-0.1, -0.05) is 32.0 Å². The molecular formula is C14H18N2O2S. The molecule has 1 aromatic rings. The predicted octanol–water partition coefficient (Wildman–Crippen LogP) is 2.11. The number of benzene rings is 1. The molecule has 0 fully saturated rings. The second-order valence-electron chi connectivity index (χ2n) is 4.81. The highest BCUT2D eigenvalue weighted by Gasteiger charge is 2.22. The van der Waals surface area contributed by atoms with Gasteiger partial charge in [-0.05, 0) is 16.9 Å². The minimum atomic E-state index is -0.132. The fourth-order valence-electron chi connectivity index (χ4n) is 1.91. The van der Waals surface area contributed by atoms with Crippen molar-refractivity contribution in [2.24, 2.45) is 0 Å². The molecule has 1 aliphatic rings. The maximum Gasteiger partial charge on any atom is 0.244 e. The van der Waals surface area contributed by atoms with Crippen LogP contribution < -0.4 is 5.32 Å². The Morgan fingerprint density at radius 2 is 2.11 bits per heavy atom. The lowest BCUT2D eigenvalue weighted by Crippen LogP contribution is -2.36. The molecule has 1 heterocycles. The molecule has 0 atom stereocenters. The quantitative estimate of drug-likeness (QED) is 0.921. The molecule has 19 heavy (non-hydrogen) atoms. The van der Waals surface area contributed by atoms with Crippen molar-refractivity contribution >= 4 is 29.3 Å². The molecule has 2 rings (SSSR count). The summed E-state index contributed by atoms with van der Waals surface area (Å²) in [7, 11) is 0. The van der Waals surface area contributed by atoms with E-state index in [4.69, 9.17) is 0 Å². The number of anilines is 1. The van der Waals surface area contributed by atoms with Crippen LogP contribution in [0.3, 0.4) is 0 Å². The summed E-state index contributed by atoms with van der Waals surface area (Å²) in [5.41, 5.74) is 1.79. The van der Waals surface area contributed by atoms with E-state index in [1.54, 1.807) is 16.7 Å². The molecule has 2 amide bonds. The Bertz CT molecular complexity index is 488. The van der Waals surface area contributed by atoms with Gasteiger partial charge in [-0.15, -0.1) is 11.8 Å².